The first kappa shape index (κ1) is 17.8. The van der Waals surface area contributed by atoms with Gasteiger partial charge in [0, 0.05) is 11.6 Å². The smallest absolute Gasteiger partial charge is 0.373 e. The van der Waals surface area contributed by atoms with Crippen LogP contribution in [0.4, 0.5) is 8.78 Å². The normalized spacial score (nSPS) is 24.2. The van der Waals surface area contributed by atoms with Crippen molar-refractivity contribution in [2.75, 3.05) is 13.7 Å². The number of hydrogen-bond acceptors (Lipinski definition) is 6. The number of esters is 1. The summed E-state index contributed by atoms with van der Waals surface area (Å²) < 4.78 is 36.5. The van der Waals surface area contributed by atoms with Crippen molar-refractivity contribution in [3.63, 3.8) is 0 Å². The summed E-state index contributed by atoms with van der Waals surface area (Å²) in [5.74, 6) is -3.11. The molecule has 0 saturated heterocycles. The van der Waals surface area contributed by atoms with Crippen LogP contribution in [0.2, 0.25) is 0 Å². The van der Waals surface area contributed by atoms with Crippen LogP contribution < -0.4 is 5.32 Å². The summed E-state index contributed by atoms with van der Waals surface area (Å²) in [4.78, 5) is 28.9. The molecule has 1 aromatic carbocycles. The molecule has 1 amide bonds. The standard InChI is InChI=1S/C17H16F2N2O5/c1-8-14(9-3-10(18)5-11(19)4-9)21-26-15(8)16(22)20-12-6-13(25-7-12)17(23)24-2/h3-6,8,12,15H,7H2,1-2H3,(H,20,22)/t8?,12-,15-/m1/s1. The van der Waals surface area contributed by atoms with Crippen molar-refractivity contribution in [3.05, 3.63) is 47.2 Å². The van der Waals surface area contributed by atoms with Gasteiger partial charge < -0.3 is 19.6 Å². The Hall–Kier alpha value is -2.97. The first-order valence-electron chi connectivity index (χ1n) is 7.82. The molecule has 0 radical (unpaired) electrons. The van der Waals surface area contributed by atoms with Crippen LogP contribution in [0.1, 0.15) is 12.5 Å². The number of rotatable bonds is 4. The number of hydrogen-bond donors (Lipinski definition) is 1. The Bertz CT molecular complexity index is 788. The van der Waals surface area contributed by atoms with Crippen LogP contribution in [-0.2, 0) is 23.9 Å². The number of carbonyl (C=O) groups is 2. The Balaban J connectivity index is 1.66. The Morgan fingerprint density at radius 3 is 2.62 bits per heavy atom. The molecule has 0 spiro atoms. The van der Waals surface area contributed by atoms with E-state index in [9.17, 15) is 18.4 Å². The molecular formula is C17H16F2N2O5. The van der Waals surface area contributed by atoms with Crippen molar-refractivity contribution >= 4 is 17.6 Å². The van der Waals surface area contributed by atoms with Crippen LogP contribution in [0.15, 0.2) is 35.2 Å². The van der Waals surface area contributed by atoms with E-state index in [1.807, 2.05) is 0 Å². The number of nitrogens with one attached hydrogen (secondary N) is 1. The van der Waals surface area contributed by atoms with Crippen LogP contribution in [0.3, 0.4) is 0 Å². The van der Waals surface area contributed by atoms with E-state index < -0.39 is 41.6 Å². The Morgan fingerprint density at radius 2 is 1.96 bits per heavy atom. The quantitative estimate of drug-likeness (QED) is 0.812. The average Bonchev–Trinajstić information content (AvgIpc) is 3.20. The minimum absolute atomic E-state index is 0.0189. The molecule has 1 N–H and O–H groups in total. The van der Waals surface area contributed by atoms with Gasteiger partial charge in [0.2, 0.25) is 11.9 Å². The van der Waals surface area contributed by atoms with Gasteiger partial charge in [-0.3, -0.25) is 4.79 Å². The fraction of sp³-hybridized carbons (Fsp3) is 0.353. The van der Waals surface area contributed by atoms with Crippen LogP contribution in [0, 0.1) is 17.6 Å². The molecule has 0 saturated carbocycles. The number of benzene rings is 1. The lowest BCUT2D eigenvalue weighted by Gasteiger charge is -2.16. The van der Waals surface area contributed by atoms with Crippen molar-refractivity contribution in [1.29, 1.82) is 0 Å². The van der Waals surface area contributed by atoms with Gasteiger partial charge in [0.05, 0.1) is 24.8 Å². The van der Waals surface area contributed by atoms with Crippen LogP contribution in [-0.4, -0.2) is 43.5 Å². The summed E-state index contributed by atoms with van der Waals surface area (Å²) in [6.07, 6.45) is 0.472. The average molecular weight is 366 g/mol. The topological polar surface area (TPSA) is 86.2 Å². The molecule has 2 heterocycles. The first-order chi connectivity index (χ1) is 12.4. The van der Waals surface area contributed by atoms with Crippen molar-refractivity contribution < 1.29 is 32.7 Å². The molecule has 2 aliphatic rings. The van der Waals surface area contributed by atoms with E-state index in [0.717, 1.165) is 18.2 Å². The summed E-state index contributed by atoms with van der Waals surface area (Å²) in [7, 11) is 1.22. The Kier molecular flexibility index (Phi) is 4.88. The van der Waals surface area contributed by atoms with Crippen molar-refractivity contribution in [2.45, 2.75) is 19.1 Å². The zero-order valence-electron chi connectivity index (χ0n) is 14.0. The van der Waals surface area contributed by atoms with Crippen molar-refractivity contribution in [3.8, 4) is 0 Å². The fourth-order valence-electron chi connectivity index (χ4n) is 2.76. The summed E-state index contributed by atoms with van der Waals surface area (Å²) in [5.41, 5.74) is 0.486. The second-order valence-corrected chi connectivity index (χ2v) is 5.90. The van der Waals surface area contributed by atoms with E-state index >= 15 is 0 Å². The fourth-order valence-corrected chi connectivity index (χ4v) is 2.76. The third-order valence-corrected chi connectivity index (χ3v) is 4.05. The van der Waals surface area contributed by atoms with Crippen molar-refractivity contribution in [2.24, 2.45) is 11.1 Å². The molecule has 0 aliphatic carbocycles. The largest absolute Gasteiger partial charge is 0.484 e. The predicted molar refractivity (Wildman–Crippen MR) is 84.9 cm³/mol. The van der Waals surface area contributed by atoms with Gasteiger partial charge in [-0.2, -0.15) is 0 Å². The van der Waals surface area contributed by atoms with Crippen molar-refractivity contribution in [1.82, 2.24) is 5.32 Å². The molecule has 26 heavy (non-hydrogen) atoms. The number of methoxy groups -OCH3 is 1. The van der Waals surface area contributed by atoms with Crippen LogP contribution >= 0.6 is 0 Å². The number of halogens is 2. The number of ether oxygens (including phenoxy) is 2. The molecule has 3 rings (SSSR count). The predicted octanol–water partition coefficient (Wildman–Crippen LogP) is 1.28. The van der Waals surface area contributed by atoms with Gasteiger partial charge in [0.15, 0.2) is 0 Å². The lowest BCUT2D eigenvalue weighted by Crippen LogP contribution is -2.44. The highest BCUT2D eigenvalue weighted by Gasteiger charge is 2.38. The van der Waals surface area contributed by atoms with Gasteiger partial charge in [-0.15, -0.1) is 0 Å². The molecule has 0 fully saturated rings. The highest BCUT2D eigenvalue weighted by Crippen LogP contribution is 2.24. The Labute approximate surface area is 147 Å². The second kappa shape index (κ2) is 7.11. The number of oxime groups is 1. The molecule has 138 valence electrons. The molecule has 1 unspecified atom stereocenters. The molecule has 0 aromatic heterocycles. The summed E-state index contributed by atoms with van der Waals surface area (Å²) >= 11 is 0. The number of carbonyl (C=O) groups excluding carboxylic acids is 2. The van der Waals surface area contributed by atoms with Gasteiger partial charge in [-0.1, -0.05) is 12.1 Å². The van der Waals surface area contributed by atoms with E-state index in [-0.39, 0.29) is 23.6 Å². The third-order valence-electron chi connectivity index (χ3n) is 4.05. The van der Waals surface area contributed by atoms with Gasteiger partial charge in [0.25, 0.3) is 5.91 Å². The summed E-state index contributed by atoms with van der Waals surface area (Å²) in [5, 5.41) is 6.46. The summed E-state index contributed by atoms with van der Waals surface area (Å²) in [6, 6.07) is 2.47. The minimum Gasteiger partial charge on any atom is -0.484 e. The summed E-state index contributed by atoms with van der Waals surface area (Å²) in [6.45, 7) is 1.75. The molecule has 7 nitrogen and oxygen atoms in total. The molecule has 0 bridgehead atoms. The van der Waals surface area contributed by atoms with Crippen LogP contribution in [0.25, 0.3) is 0 Å². The second-order valence-electron chi connectivity index (χ2n) is 5.90. The van der Waals surface area contributed by atoms with Crippen LogP contribution in [0.5, 0.6) is 0 Å². The van der Waals surface area contributed by atoms with Gasteiger partial charge in [-0.25, -0.2) is 13.6 Å². The SMILES string of the molecule is COC(=O)C1=C[C@@H](NC(=O)[C@@H]2ON=C(c3cc(F)cc(F)c3)C2C)CO1. The minimum atomic E-state index is -0.966. The first-order valence-corrected chi connectivity index (χ1v) is 7.82. The maximum atomic E-state index is 13.4. The Morgan fingerprint density at radius 1 is 1.27 bits per heavy atom. The maximum absolute atomic E-state index is 13.4. The van der Waals surface area contributed by atoms with Gasteiger partial charge in [0.1, 0.15) is 18.2 Å². The van der Waals surface area contributed by atoms with E-state index in [2.05, 4.69) is 15.2 Å². The zero-order valence-corrected chi connectivity index (χ0v) is 14.0. The zero-order chi connectivity index (χ0) is 18.8. The van der Waals surface area contributed by atoms with E-state index in [1.165, 1.54) is 13.2 Å². The van der Waals surface area contributed by atoms with E-state index in [1.54, 1.807) is 6.92 Å². The number of amides is 1. The highest BCUT2D eigenvalue weighted by molar-refractivity contribution is 6.05. The van der Waals surface area contributed by atoms with E-state index in [0.29, 0.717) is 0 Å². The lowest BCUT2D eigenvalue weighted by atomic mass is 9.93. The molecule has 9 heteroatoms. The maximum Gasteiger partial charge on any atom is 0.373 e. The highest BCUT2D eigenvalue weighted by atomic mass is 19.1. The van der Waals surface area contributed by atoms with E-state index in [4.69, 9.17) is 9.57 Å². The molecule has 2 aliphatic heterocycles. The number of nitrogens with zero attached hydrogens (tertiary/aromatic N) is 1. The molecule has 1 aromatic rings. The monoisotopic (exact) mass is 366 g/mol. The molecule has 3 atom stereocenters. The van der Waals surface area contributed by atoms with Gasteiger partial charge in [-0.05, 0) is 18.2 Å². The lowest BCUT2D eigenvalue weighted by molar-refractivity contribution is -0.139. The van der Waals surface area contributed by atoms with Gasteiger partial charge >= 0.3 is 5.97 Å². The molecular weight excluding hydrogens is 350 g/mol. The third kappa shape index (κ3) is 3.51.